The Kier molecular flexibility index (Phi) is 55.2. The standard InChI is InChI=1S/C64H124O17P2/c1-7-11-13-15-16-29-36-42-48-63(68)80-59(52-74-61(66)46-40-32-14-12-8-2)54-78-82(70,71)76-50-58(65)51-77-83(72,73)79-55-60(53-75-62(67)47-41-35-30-26-25-28-34-39-45-57(6)10-4)81-64(69)49-43-37-31-24-22-20-18-17-19-21-23-27-33-38-44-56(5)9-3/h56-60,65H,7-55H2,1-6H3,(H,70,71)(H,72,73)/t56?,57?,58-,59+,60+/m0/s1. The van der Waals surface area contributed by atoms with Gasteiger partial charge in [0.05, 0.1) is 26.4 Å². The van der Waals surface area contributed by atoms with Gasteiger partial charge in [-0.15, -0.1) is 0 Å². The molecule has 7 atom stereocenters. The van der Waals surface area contributed by atoms with E-state index in [2.05, 4.69) is 41.5 Å². The van der Waals surface area contributed by atoms with Crippen molar-refractivity contribution >= 4 is 39.5 Å². The van der Waals surface area contributed by atoms with Crippen LogP contribution in [0.15, 0.2) is 0 Å². The van der Waals surface area contributed by atoms with Crippen molar-refractivity contribution in [2.45, 2.75) is 336 Å². The van der Waals surface area contributed by atoms with E-state index in [4.69, 9.17) is 37.0 Å². The Bertz CT molecular complexity index is 1640. The highest BCUT2D eigenvalue weighted by Crippen LogP contribution is 2.45. The molecule has 0 aromatic rings. The van der Waals surface area contributed by atoms with E-state index in [1.54, 1.807) is 0 Å². The molecule has 0 bridgehead atoms. The second-order valence-corrected chi connectivity index (χ2v) is 26.5. The van der Waals surface area contributed by atoms with Crippen LogP contribution < -0.4 is 0 Å². The van der Waals surface area contributed by atoms with Crippen molar-refractivity contribution in [3.05, 3.63) is 0 Å². The number of carbonyl (C=O) groups excluding carboxylic acids is 4. The maximum absolute atomic E-state index is 13.0. The van der Waals surface area contributed by atoms with Gasteiger partial charge in [-0.3, -0.25) is 37.3 Å². The molecule has 3 N–H and O–H groups in total. The summed E-state index contributed by atoms with van der Waals surface area (Å²) >= 11 is 0. The molecule has 0 aliphatic carbocycles. The maximum atomic E-state index is 13.0. The first-order valence-electron chi connectivity index (χ1n) is 33.6. The maximum Gasteiger partial charge on any atom is 0.472 e. The van der Waals surface area contributed by atoms with Gasteiger partial charge in [-0.05, 0) is 37.5 Å². The Morgan fingerprint density at radius 2 is 0.578 bits per heavy atom. The van der Waals surface area contributed by atoms with Crippen molar-refractivity contribution in [1.82, 2.24) is 0 Å². The fourth-order valence-corrected chi connectivity index (χ4v) is 11.0. The monoisotopic (exact) mass is 1230 g/mol. The van der Waals surface area contributed by atoms with Crippen LogP contribution in [0, 0.1) is 11.8 Å². The average molecular weight is 1230 g/mol. The van der Waals surface area contributed by atoms with Crippen LogP contribution >= 0.6 is 15.6 Å². The van der Waals surface area contributed by atoms with Crippen molar-refractivity contribution < 1.29 is 80.2 Å². The van der Waals surface area contributed by atoms with Crippen LogP contribution in [0.4, 0.5) is 0 Å². The molecule has 4 unspecified atom stereocenters. The second-order valence-electron chi connectivity index (χ2n) is 23.6. The molecule has 0 aromatic carbocycles. The molecule has 0 heterocycles. The zero-order chi connectivity index (χ0) is 61.5. The zero-order valence-electron chi connectivity index (χ0n) is 53.5. The molecule has 19 heteroatoms. The van der Waals surface area contributed by atoms with Gasteiger partial charge in [0.1, 0.15) is 19.3 Å². The Hall–Kier alpha value is -1.94. The topological polar surface area (TPSA) is 237 Å². The summed E-state index contributed by atoms with van der Waals surface area (Å²) in [6.45, 7) is 9.44. The van der Waals surface area contributed by atoms with Crippen molar-refractivity contribution in [2.75, 3.05) is 39.6 Å². The van der Waals surface area contributed by atoms with E-state index in [0.29, 0.717) is 25.7 Å². The van der Waals surface area contributed by atoms with Crippen molar-refractivity contribution in [1.29, 1.82) is 0 Å². The van der Waals surface area contributed by atoms with Gasteiger partial charge in [-0.1, -0.05) is 266 Å². The molecule has 83 heavy (non-hydrogen) atoms. The van der Waals surface area contributed by atoms with E-state index in [0.717, 1.165) is 115 Å². The molecule has 0 aliphatic heterocycles. The van der Waals surface area contributed by atoms with Crippen molar-refractivity contribution in [3.63, 3.8) is 0 Å². The quantitative estimate of drug-likeness (QED) is 0.0222. The molecule has 492 valence electrons. The van der Waals surface area contributed by atoms with Gasteiger partial charge in [0.25, 0.3) is 0 Å². The predicted octanol–water partition coefficient (Wildman–Crippen LogP) is 17.7. The third kappa shape index (κ3) is 56.3. The first kappa shape index (κ1) is 81.1. The van der Waals surface area contributed by atoms with Crippen LogP contribution in [-0.2, 0) is 65.4 Å². The Morgan fingerprint density at radius 3 is 0.855 bits per heavy atom. The number of esters is 4. The first-order valence-corrected chi connectivity index (χ1v) is 36.6. The second kappa shape index (κ2) is 56.6. The van der Waals surface area contributed by atoms with Gasteiger partial charge in [-0.2, -0.15) is 0 Å². The van der Waals surface area contributed by atoms with Crippen LogP contribution in [0.1, 0.15) is 318 Å². The van der Waals surface area contributed by atoms with Gasteiger partial charge in [0.2, 0.25) is 0 Å². The van der Waals surface area contributed by atoms with Crippen molar-refractivity contribution in [3.8, 4) is 0 Å². The largest absolute Gasteiger partial charge is 0.472 e. The Balaban J connectivity index is 5.15. The lowest BCUT2D eigenvalue weighted by Gasteiger charge is -2.21. The number of aliphatic hydroxyl groups excluding tert-OH is 1. The van der Waals surface area contributed by atoms with E-state index >= 15 is 0 Å². The van der Waals surface area contributed by atoms with Crippen LogP contribution in [0.25, 0.3) is 0 Å². The summed E-state index contributed by atoms with van der Waals surface area (Å²) in [7, 11) is -9.87. The minimum absolute atomic E-state index is 0.104. The molecule has 0 aliphatic rings. The van der Waals surface area contributed by atoms with E-state index in [-0.39, 0.29) is 25.7 Å². The number of aliphatic hydroxyl groups is 1. The molecule has 0 rings (SSSR count). The normalized spacial score (nSPS) is 15.0. The SMILES string of the molecule is CCCCCCCCCCC(=O)O[C@H](COC(=O)CCCCCCC)COP(=O)(O)OC[C@H](O)COP(=O)(O)OC[C@@H](COC(=O)CCCCCCCCCCC(C)CC)OC(=O)CCCCCCCCCCCCCCCCC(C)CC. The summed E-state index contributed by atoms with van der Waals surface area (Å²) in [5.74, 6) is -0.524. The van der Waals surface area contributed by atoms with E-state index in [9.17, 15) is 43.2 Å². The number of hydrogen-bond acceptors (Lipinski definition) is 15. The summed E-state index contributed by atoms with van der Waals surface area (Å²) in [6, 6.07) is 0. The molecule has 0 radical (unpaired) electrons. The molecule has 0 spiro atoms. The van der Waals surface area contributed by atoms with E-state index in [1.165, 1.54) is 122 Å². The smallest absolute Gasteiger partial charge is 0.462 e. The summed E-state index contributed by atoms with van der Waals surface area (Å²) in [5.41, 5.74) is 0. The van der Waals surface area contributed by atoms with Gasteiger partial charge >= 0.3 is 39.5 Å². The molecule has 17 nitrogen and oxygen atoms in total. The highest BCUT2D eigenvalue weighted by Gasteiger charge is 2.30. The lowest BCUT2D eigenvalue weighted by molar-refractivity contribution is -0.161. The molecule has 0 saturated carbocycles. The minimum Gasteiger partial charge on any atom is -0.462 e. The fourth-order valence-electron chi connectivity index (χ4n) is 9.47. The highest BCUT2D eigenvalue weighted by molar-refractivity contribution is 7.47. The van der Waals surface area contributed by atoms with Gasteiger partial charge < -0.3 is 33.8 Å². The number of phosphoric ester groups is 2. The lowest BCUT2D eigenvalue weighted by atomic mass is 9.99. The third-order valence-corrected chi connectivity index (χ3v) is 17.3. The third-order valence-electron chi connectivity index (χ3n) is 15.4. The zero-order valence-corrected chi connectivity index (χ0v) is 55.3. The van der Waals surface area contributed by atoms with Crippen LogP contribution in [-0.4, -0.2) is 96.7 Å². The number of ether oxygens (including phenoxy) is 4. The van der Waals surface area contributed by atoms with Crippen molar-refractivity contribution in [2.24, 2.45) is 11.8 Å². The predicted molar refractivity (Wildman–Crippen MR) is 331 cm³/mol. The summed E-state index contributed by atoms with van der Waals surface area (Å²) in [6.07, 6.45) is 39.3. The highest BCUT2D eigenvalue weighted by atomic mass is 31.2. The van der Waals surface area contributed by atoms with Crippen LogP contribution in [0.3, 0.4) is 0 Å². The van der Waals surface area contributed by atoms with Crippen LogP contribution in [0.2, 0.25) is 0 Å². The Morgan fingerprint density at radius 1 is 0.337 bits per heavy atom. The van der Waals surface area contributed by atoms with E-state index < -0.39 is 97.5 Å². The molecule has 0 amide bonds. The number of hydrogen-bond donors (Lipinski definition) is 3. The van der Waals surface area contributed by atoms with Crippen LogP contribution in [0.5, 0.6) is 0 Å². The minimum atomic E-state index is -4.94. The van der Waals surface area contributed by atoms with Gasteiger partial charge in [0.15, 0.2) is 12.2 Å². The fraction of sp³-hybridized carbons (Fsp3) is 0.938. The van der Waals surface area contributed by atoms with Gasteiger partial charge in [-0.25, -0.2) is 9.13 Å². The number of carbonyl (C=O) groups is 4. The number of unbranched alkanes of at least 4 members (excludes halogenated alkanes) is 31. The first-order chi connectivity index (χ1) is 39.9. The number of rotatable bonds is 63. The molecular weight excluding hydrogens is 1100 g/mol. The van der Waals surface area contributed by atoms with E-state index in [1.807, 2.05) is 0 Å². The molecule has 0 saturated heterocycles. The summed E-state index contributed by atoms with van der Waals surface area (Å²) < 4.78 is 67.7. The molecule has 0 fully saturated rings. The molecular formula is C64H124O17P2. The molecule has 0 aromatic heterocycles. The average Bonchev–Trinajstić information content (AvgIpc) is 3.46. The summed E-state index contributed by atoms with van der Waals surface area (Å²) in [4.78, 5) is 71.9. The Labute approximate surface area is 505 Å². The summed E-state index contributed by atoms with van der Waals surface area (Å²) in [5, 5.41) is 10.5. The van der Waals surface area contributed by atoms with Gasteiger partial charge in [0, 0.05) is 25.7 Å². The lowest BCUT2D eigenvalue weighted by Crippen LogP contribution is -2.30. The number of phosphoric acid groups is 2.